The quantitative estimate of drug-likeness (QED) is 0.789. The molecule has 2 unspecified atom stereocenters. The van der Waals surface area contributed by atoms with Crippen LogP contribution in [0.2, 0.25) is 0 Å². The van der Waals surface area contributed by atoms with E-state index in [0.717, 1.165) is 31.6 Å². The van der Waals surface area contributed by atoms with Crippen LogP contribution in [0, 0.1) is 5.92 Å². The Balaban J connectivity index is 0.00000182. The summed E-state index contributed by atoms with van der Waals surface area (Å²) in [4.78, 5) is 17.4. The van der Waals surface area contributed by atoms with Gasteiger partial charge in [-0.25, -0.2) is 0 Å². The molecule has 154 valence electrons. The molecule has 2 atom stereocenters. The Labute approximate surface area is 176 Å². The highest BCUT2D eigenvalue weighted by Gasteiger charge is 2.26. The number of piperidine rings is 1. The van der Waals surface area contributed by atoms with Crippen LogP contribution in [0.5, 0.6) is 0 Å². The minimum Gasteiger partial charge on any atom is -0.342 e. The Morgan fingerprint density at radius 3 is 2.33 bits per heavy atom. The van der Waals surface area contributed by atoms with E-state index < -0.39 is 0 Å². The van der Waals surface area contributed by atoms with Gasteiger partial charge in [0.05, 0.1) is 0 Å². The predicted octanol–water partition coefficient (Wildman–Crippen LogP) is 4.03. The first-order valence-corrected chi connectivity index (χ1v) is 10.0. The third-order valence-electron chi connectivity index (χ3n) is 5.71. The number of likely N-dealkylation sites (tertiary alicyclic amines) is 2. The van der Waals surface area contributed by atoms with Crippen LogP contribution in [-0.4, -0.2) is 48.4 Å². The van der Waals surface area contributed by atoms with Gasteiger partial charge in [0, 0.05) is 32.1 Å². The summed E-state index contributed by atoms with van der Waals surface area (Å²) in [5.41, 5.74) is 7.30. The molecule has 0 spiro atoms. The summed E-state index contributed by atoms with van der Waals surface area (Å²) in [6.07, 6.45) is 8.23. The fourth-order valence-corrected chi connectivity index (χ4v) is 4.26. The number of rotatable bonds is 5. The lowest BCUT2D eigenvalue weighted by Gasteiger charge is -2.36. The minimum absolute atomic E-state index is 0. The maximum absolute atomic E-state index is 12.7. The zero-order valence-corrected chi connectivity index (χ0v) is 17.9. The number of benzene rings is 1. The molecule has 0 radical (unpaired) electrons. The fraction of sp³-hybridized carbons (Fsp3) is 0.667. The van der Waals surface area contributed by atoms with Crippen molar-refractivity contribution in [3.8, 4) is 0 Å². The first kappa shape index (κ1) is 24.2. The molecule has 1 aromatic rings. The van der Waals surface area contributed by atoms with Gasteiger partial charge in [-0.2, -0.15) is 0 Å². The van der Waals surface area contributed by atoms with Crippen molar-refractivity contribution >= 4 is 30.7 Å². The number of halogens is 2. The van der Waals surface area contributed by atoms with Crippen LogP contribution in [0.25, 0.3) is 0 Å². The van der Waals surface area contributed by atoms with Crippen molar-refractivity contribution in [2.75, 3.05) is 32.7 Å². The number of hydrogen-bond acceptors (Lipinski definition) is 3. The first-order valence-electron chi connectivity index (χ1n) is 10.0. The fourth-order valence-electron chi connectivity index (χ4n) is 4.26. The Morgan fingerprint density at radius 2 is 1.67 bits per heavy atom. The zero-order valence-electron chi connectivity index (χ0n) is 16.2. The van der Waals surface area contributed by atoms with Gasteiger partial charge in [0.1, 0.15) is 0 Å². The first-order chi connectivity index (χ1) is 12.2. The second kappa shape index (κ2) is 12.6. The molecule has 0 aliphatic carbocycles. The molecule has 3 rings (SSSR count). The van der Waals surface area contributed by atoms with Crippen molar-refractivity contribution < 1.29 is 4.79 Å². The monoisotopic (exact) mass is 415 g/mol. The van der Waals surface area contributed by atoms with Gasteiger partial charge in [0.2, 0.25) is 5.91 Å². The standard InChI is InChI=1S/C21H33N3O.2ClH/c22-20(19-10-4-3-5-11-19)15-21(25)24-14-8-9-18(17-24)16-23-12-6-1-2-7-13-23;;/h3-5,10-11,18,20H,1-2,6-9,12-17,22H2;2*1H. The van der Waals surface area contributed by atoms with Crippen molar-refractivity contribution in [2.45, 2.75) is 51.0 Å². The molecule has 2 heterocycles. The lowest BCUT2D eigenvalue weighted by molar-refractivity contribution is -0.133. The van der Waals surface area contributed by atoms with Gasteiger partial charge in [-0.05, 0) is 50.3 Å². The molecule has 2 N–H and O–H groups in total. The van der Waals surface area contributed by atoms with Crippen LogP contribution >= 0.6 is 24.8 Å². The van der Waals surface area contributed by atoms with E-state index in [1.54, 1.807) is 0 Å². The highest BCUT2D eigenvalue weighted by molar-refractivity contribution is 5.85. The Kier molecular flexibility index (Phi) is 11.3. The van der Waals surface area contributed by atoms with E-state index in [-0.39, 0.29) is 36.8 Å². The molecule has 1 aromatic carbocycles. The van der Waals surface area contributed by atoms with Crippen LogP contribution in [0.3, 0.4) is 0 Å². The summed E-state index contributed by atoms with van der Waals surface area (Å²) in [6.45, 7) is 5.45. The second-order valence-electron chi connectivity index (χ2n) is 7.78. The van der Waals surface area contributed by atoms with E-state index in [2.05, 4.69) is 9.80 Å². The molecule has 0 bridgehead atoms. The number of hydrogen-bond donors (Lipinski definition) is 1. The molecular weight excluding hydrogens is 381 g/mol. The molecule has 2 fully saturated rings. The van der Waals surface area contributed by atoms with Crippen molar-refractivity contribution in [1.29, 1.82) is 0 Å². The van der Waals surface area contributed by atoms with E-state index in [9.17, 15) is 4.79 Å². The summed E-state index contributed by atoms with van der Waals surface area (Å²) in [5, 5.41) is 0. The average Bonchev–Trinajstić information content (AvgIpc) is 2.91. The van der Waals surface area contributed by atoms with Gasteiger partial charge in [-0.15, -0.1) is 24.8 Å². The average molecular weight is 416 g/mol. The van der Waals surface area contributed by atoms with Crippen LogP contribution in [0.1, 0.15) is 56.6 Å². The van der Waals surface area contributed by atoms with Crippen LogP contribution in [0.4, 0.5) is 0 Å². The SMILES string of the molecule is Cl.Cl.NC(CC(=O)N1CCCC(CN2CCCCCC2)C1)c1ccccc1. The number of carbonyl (C=O) groups is 1. The number of carbonyl (C=O) groups excluding carboxylic acids is 1. The van der Waals surface area contributed by atoms with Crippen LogP contribution < -0.4 is 5.73 Å². The summed E-state index contributed by atoms with van der Waals surface area (Å²) < 4.78 is 0. The van der Waals surface area contributed by atoms with Crippen molar-refractivity contribution in [3.05, 3.63) is 35.9 Å². The second-order valence-corrected chi connectivity index (χ2v) is 7.78. The molecule has 1 amide bonds. The number of nitrogens with two attached hydrogens (primary N) is 1. The topological polar surface area (TPSA) is 49.6 Å². The molecule has 2 saturated heterocycles. The number of amides is 1. The number of nitrogens with zero attached hydrogens (tertiary/aromatic N) is 2. The zero-order chi connectivity index (χ0) is 17.5. The summed E-state index contributed by atoms with van der Waals surface area (Å²) in [5.74, 6) is 0.848. The maximum Gasteiger partial charge on any atom is 0.224 e. The maximum atomic E-state index is 12.7. The van der Waals surface area contributed by atoms with Crippen LogP contribution in [-0.2, 0) is 4.79 Å². The smallest absolute Gasteiger partial charge is 0.224 e. The summed E-state index contributed by atoms with van der Waals surface area (Å²) in [7, 11) is 0. The van der Waals surface area contributed by atoms with E-state index in [1.807, 2.05) is 30.3 Å². The largest absolute Gasteiger partial charge is 0.342 e. The van der Waals surface area contributed by atoms with E-state index in [4.69, 9.17) is 5.73 Å². The Hall–Kier alpha value is -0.810. The predicted molar refractivity (Wildman–Crippen MR) is 117 cm³/mol. The van der Waals surface area contributed by atoms with Crippen molar-refractivity contribution in [1.82, 2.24) is 9.80 Å². The third kappa shape index (κ3) is 7.61. The van der Waals surface area contributed by atoms with Gasteiger partial charge in [0.15, 0.2) is 0 Å². The molecular formula is C21H35Cl2N3O. The Morgan fingerprint density at radius 1 is 1.00 bits per heavy atom. The van der Waals surface area contributed by atoms with E-state index >= 15 is 0 Å². The highest BCUT2D eigenvalue weighted by Crippen LogP contribution is 2.22. The highest BCUT2D eigenvalue weighted by atomic mass is 35.5. The molecule has 0 saturated carbocycles. The molecule has 2 aliphatic heterocycles. The van der Waals surface area contributed by atoms with Gasteiger partial charge < -0.3 is 15.5 Å². The lowest BCUT2D eigenvalue weighted by atomic mass is 9.96. The van der Waals surface area contributed by atoms with Gasteiger partial charge in [-0.1, -0.05) is 43.2 Å². The third-order valence-corrected chi connectivity index (χ3v) is 5.71. The van der Waals surface area contributed by atoms with E-state index in [1.165, 1.54) is 45.2 Å². The normalized spacial score (nSPS) is 22.1. The Bertz CT molecular complexity index is 535. The molecule has 0 aromatic heterocycles. The van der Waals surface area contributed by atoms with Gasteiger partial charge in [-0.3, -0.25) is 4.79 Å². The van der Waals surface area contributed by atoms with Crippen molar-refractivity contribution in [3.63, 3.8) is 0 Å². The van der Waals surface area contributed by atoms with Gasteiger partial charge in [0.25, 0.3) is 0 Å². The minimum atomic E-state index is -0.195. The molecule has 2 aliphatic rings. The van der Waals surface area contributed by atoms with Crippen LogP contribution in [0.15, 0.2) is 30.3 Å². The van der Waals surface area contributed by atoms with Crippen molar-refractivity contribution in [2.24, 2.45) is 11.7 Å². The molecule has 4 nitrogen and oxygen atoms in total. The molecule has 6 heteroatoms. The lowest BCUT2D eigenvalue weighted by Crippen LogP contribution is -2.44. The van der Waals surface area contributed by atoms with Gasteiger partial charge >= 0.3 is 0 Å². The summed E-state index contributed by atoms with van der Waals surface area (Å²) >= 11 is 0. The molecule has 27 heavy (non-hydrogen) atoms. The van der Waals surface area contributed by atoms with E-state index in [0.29, 0.717) is 12.3 Å². The summed E-state index contributed by atoms with van der Waals surface area (Å²) in [6, 6.07) is 9.78.